The number of carbonyl (C=O) groups is 1. The standard InChI is InChI=1S/C16H14Cl2N2O3/c1-2-19(10-11-6-7-14(17)15(18)8-11)16(21)12-4-3-5-13(9-12)20(22)23/h3-9H,2,10H2,1H3. The van der Waals surface area contributed by atoms with Crippen LogP contribution in [0, 0.1) is 10.1 Å². The number of amides is 1. The van der Waals surface area contributed by atoms with Crippen molar-refractivity contribution in [3.8, 4) is 0 Å². The number of halogens is 2. The molecule has 0 N–H and O–H groups in total. The number of hydrogen-bond acceptors (Lipinski definition) is 3. The topological polar surface area (TPSA) is 63.5 Å². The zero-order valence-corrected chi connectivity index (χ0v) is 13.8. The minimum absolute atomic E-state index is 0.110. The summed E-state index contributed by atoms with van der Waals surface area (Å²) in [5, 5.41) is 11.7. The van der Waals surface area contributed by atoms with Crippen LogP contribution >= 0.6 is 23.2 Å². The second kappa shape index (κ2) is 7.44. The molecule has 5 nitrogen and oxygen atoms in total. The van der Waals surface area contributed by atoms with E-state index < -0.39 is 4.92 Å². The Hall–Kier alpha value is -2.11. The van der Waals surface area contributed by atoms with E-state index >= 15 is 0 Å². The van der Waals surface area contributed by atoms with Gasteiger partial charge in [-0.3, -0.25) is 14.9 Å². The third-order valence-electron chi connectivity index (χ3n) is 3.33. The van der Waals surface area contributed by atoms with Crippen molar-refractivity contribution in [2.24, 2.45) is 0 Å². The van der Waals surface area contributed by atoms with Crippen LogP contribution in [0.25, 0.3) is 0 Å². The molecule has 2 rings (SSSR count). The number of benzene rings is 2. The molecule has 2 aromatic rings. The van der Waals surface area contributed by atoms with Crippen molar-refractivity contribution in [2.75, 3.05) is 6.54 Å². The molecule has 0 spiro atoms. The molecule has 0 radical (unpaired) electrons. The van der Waals surface area contributed by atoms with Gasteiger partial charge in [-0.15, -0.1) is 0 Å². The first-order chi connectivity index (χ1) is 10.9. The van der Waals surface area contributed by atoms with Crippen LogP contribution in [0.15, 0.2) is 42.5 Å². The minimum Gasteiger partial charge on any atom is -0.335 e. The molecule has 0 aromatic heterocycles. The van der Waals surface area contributed by atoms with Crippen LogP contribution in [0.2, 0.25) is 10.0 Å². The summed E-state index contributed by atoms with van der Waals surface area (Å²) in [6.45, 7) is 2.64. The maximum atomic E-state index is 12.6. The second-order valence-corrected chi connectivity index (χ2v) is 5.69. The minimum atomic E-state index is -0.522. The molecule has 0 fully saturated rings. The van der Waals surface area contributed by atoms with Gasteiger partial charge in [0.1, 0.15) is 0 Å². The van der Waals surface area contributed by atoms with E-state index in [9.17, 15) is 14.9 Å². The summed E-state index contributed by atoms with van der Waals surface area (Å²) >= 11 is 11.9. The first-order valence-corrected chi connectivity index (χ1v) is 7.65. The summed E-state index contributed by atoms with van der Waals surface area (Å²) in [5.41, 5.74) is 1.00. The van der Waals surface area contributed by atoms with E-state index in [-0.39, 0.29) is 17.2 Å². The molecule has 23 heavy (non-hydrogen) atoms. The van der Waals surface area contributed by atoms with Gasteiger partial charge in [-0.1, -0.05) is 35.3 Å². The monoisotopic (exact) mass is 352 g/mol. The van der Waals surface area contributed by atoms with Gasteiger partial charge in [0.25, 0.3) is 11.6 Å². The highest BCUT2D eigenvalue weighted by Gasteiger charge is 2.17. The smallest absolute Gasteiger partial charge is 0.270 e. The number of nitrogens with zero attached hydrogens (tertiary/aromatic N) is 2. The normalized spacial score (nSPS) is 10.4. The zero-order chi connectivity index (χ0) is 17.0. The molecule has 2 aromatic carbocycles. The van der Waals surface area contributed by atoms with Crippen molar-refractivity contribution >= 4 is 34.8 Å². The van der Waals surface area contributed by atoms with Gasteiger partial charge >= 0.3 is 0 Å². The lowest BCUT2D eigenvalue weighted by Gasteiger charge is -2.21. The van der Waals surface area contributed by atoms with Crippen LogP contribution in [0.5, 0.6) is 0 Å². The number of nitro groups is 1. The number of non-ortho nitro benzene ring substituents is 1. The third-order valence-corrected chi connectivity index (χ3v) is 4.07. The Morgan fingerprint density at radius 1 is 1.17 bits per heavy atom. The Labute approximate surface area is 143 Å². The Kier molecular flexibility index (Phi) is 5.58. The van der Waals surface area contributed by atoms with Gasteiger partial charge in [0.05, 0.1) is 15.0 Å². The average Bonchev–Trinajstić information content (AvgIpc) is 2.55. The number of hydrogen-bond donors (Lipinski definition) is 0. The Balaban J connectivity index is 2.22. The van der Waals surface area contributed by atoms with E-state index in [1.807, 2.05) is 6.92 Å². The fourth-order valence-electron chi connectivity index (χ4n) is 2.12. The largest absolute Gasteiger partial charge is 0.335 e. The van der Waals surface area contributed by atoms with Gasteiger partial charge in [-0.2, -0.15) is 0 Å². The average molecular weight is 353 g/mol. The van der Waals surface area contributed by atoms with Crippen molar-refractivity contribution in [1.82, 2.24) is 4.90 Å². The molecule has 0 heterocycles. The van der Waals surface area contributed by atoms with Crippen LogP contribution in [-0.2, 0) is 6.54 Å². The van der Waals surface area contributed by atoms with Gasteiger partial charge in [-0.05, 0) is 30.7 Å². The van der Waals surface area contributed by atoms with E-state index in [2.05, 4.69) is 0 Å². The summed E-state index contributed by atoms with van der Waals surface area (Å²) in [4.78, 5) is 24.4. The lowest BCUT2D eigenvalue weighted by atomic mass is 10.1. The van der Waals surface area contributed by atoms with Gasteiger partial charge in [0, 0.05) is 30.8 Å². The van der Waals surface area contributed by atoms with Crippen molar-refractivity contribution < 1.29 is 9.72 Å². The maximum Gasteiger partial charge on any atom is 0.270 e. The number of rotatable bonds is 5. The molecule has 7 heteroatoms. The fourth-order valence-corrected chi connectivity index (χ4v) is 2.44. The van der Waals surface area contributed by atoms with Crippen LogP contribution in [0.1, 0.15) is 22.8 Å². The summed E-state index contributed by atoms with van der Waals surface area (Å²) in [5.74, 6) is -0.276. The highest BCUT2D eigenvalue weighted by atomic mass is 35.5. The summed E-state index contributed by atoms with van der Waals surface area (Å²) in [6.07, 6.45) is 0. The van der Waals surface area contributed by atoms with Crippen LogP contribution in [0.3, 0.4) is 0 Å². The summed E-state index contributed by atoms with van der Waals surface area (Å²) in [6, 6.07) is 10.9. The Bertz CT molecular complexity index is 750. The van der Waals surface area contributed by atoms with Crippen molar-refractivity contribution in [3.05, 3.63) is 73.8 Å². The van der Waals surface area contributed by atoms with Crippen LogP contribution in [0.4, 0.5) is 5.69 Å². The molecule has 0 saturated carbocycles. The molecule has 0 unspecified atom stereocenters. The quantitative estimate of drug-likeness (QED) is 0.585. The first kappa shape index (κ1) is 17.2. The molecule has 0 bridgehead atoms. The Morgan fingerprint density at radius 3 is 2.52 bits per heavy atom. The van der Waals surface area contributed by atoms with Gasteiger partial charge in [0.15, 0.2) is 0 Å². The van der Waals surface area contributed by atoms with Crippen molar-refractivity contribution in [3.63, 3.8) is 0 Å². The molecule has 0 aliphatic carbocycles. The summed E-state index contributed by atoms with van der Waals surface area (Å²) < 4.78 is 0. The molecular weight excluding hydrogens is 339 g/mol. The van der Waals surface area contributed by atoms with Gasteiger partial charge < -0.3 is 4.90 Å². The van der Waals surface area contributed by atoms with E-state index in [4.69, 9.17) is 23.2 Å². The number of carbonyl (C=O) groups excluding carboxylic acids is 1. The molecular formula is C16H14Cl2N2O3. The predicted molar refractivity (Wildman–Crippen MR) is 90.0 cm³/mol. The maximum absolute atomic E-state index is 12.6. The van der Waals surface area contributed by atoms with Crippen LogP contribution in [-0.4, -0.2) is 22.3 Å². The highest BCUT2D eigenvalue weighted by molar-refractivity contribution is 6.42. The molecule has 0 atom stereocenters. The van der Waals surface area contributed by atoms with Crippen molar-refractivity contribution in [1.29, 1.82) is 0 Å². The van der Waals surface area contributed by atoms with E-state index in [1.54, 1.807) is 29.2 Å². The molecule has 1 amide bonds. The van der Waals surface area contributed by atoms with Crippen molar-refractivity contribution in [2.45, 2.75) is 13.5 Å². The van der Waals surface area contributed by atoms with E-state index in [0.717, 1.165) is 5.56 Å². The van der Waals surface area contributed by atoms with Crippen LogP contribution < -0.4 is 0 Å². The third kappa shape index (κ3) is 4.21. The van der Waals surface area contributed by atoms with Gasteiger partial charge in [-0.25, -0.2) is 0 Å². The highest BCUT2D eigenvalue weighted by Crippen LogP contribution is 2.24. The lowest BCUT2D eigenvalue weighted by Crippen LogP contribution is -2.30. The Morgan fingerprint density at radius 2 is 1.91 bits per heavy atom. The molecule has 0 aliphatic rings. The zero-order valence-electron chi connectivity index (χ0n) is 12.3. The molecule has 0 saturated heterocycles. The fraction of sp³-hybridized carbons (Fsp3) is 0.188. The van der Waals surface area contributed by atoms with E-state index in [1.165, 1.54) is 18.2 Å². The lowest BCUT2D eigenvalue weighted by molar-refractivity contribution is -0.384. The number of nitro benzene ring substituents is 1. The predicted octanol–water partition coefficient (Wildman–Crippen LogP) is 4.56. The SMILES string of the molecule is CCN(Cc1ccc(Cl)c(Cl)c1)C(=O)c1cccc([N+](=O)[O-])c1. The molecule has 0 aliphatic heterocycles. The van der Waals surface area contributed by atoms with Gasteiger partial charge in [0.2, 0.25) is 0 Å². The van der Waals surface area contributed by atoms with E-state index in [0.29, 0.717) is 23.1 Å². The summed E-state index contributed by atoms with van der Waals surface area (Å²) in [7, 11) is 0. The second-order valence-electron chi connectivity index (χ2n) is 4.88. The molecule has 120 valence electrons. The first-order valence-electron chi connectivity index (χ1n) is 6.90.